The van der Waals surface area contributed by atoms with Crippen LogP contribution in [0.4, 0.5) is 13.2 Å². The van der Waals surface area contributed by atoms with Gasteiger partial charge in [-0.2, -0.15) is 13.2 Å². The molecule has 2 aliphatic heterocycles. The van der Waals surface area contributed by atoms with E-state index in [4.69, 9.17) is 11.6 Å². The molecule has 0 radical (unpaired) electrons. The second-order valence-electron chi connectivity index (χ2n) is 11.2. The summed E-state index contributed by atoms with van der Waals surface area (Å²) in [5.74, 6) is 0.475. The van der Waals surface area contributed by atoms with E-state index in [0.29, 0.717) is 17.5 Å². The summed E-state index contributed by atoms with van der Waals surface area (Å²) in [6.07, 6.45) is 1.19. The minimum Gasteiger partial charge on any atom is -0.380 e. The van der Waals surface area contributed by atoms with Gasteiger partial charge in [-0.15, -0.1) is 0 Å². The Bertz CT molecular complexity index is 873. The average molecular weight is 530 g/mol. The van der Waals surface area contributed by atoms with E-state index in [-0.39, 0.29) is 37.9 Å². The number of carbonyl (C=O) groups is 1. The highest BCUT2D eigenvalue weighted by molar-refractivity contribution is 6.30. The van der Waals surface area contributed by atoms with Crippen LogP contribution in [-0.4, -0.2) is 78.4 Å². The summed E-state index contributed by atoms with van der Waals surface area (Å²) in [6.45, 7) is 2.77. The fourth-order valence-corrected chi connectivity index (χ4v) is 6.49. The van der Waals surface area contributed by atoms with Gasteiger partial charge in [0.2, 0.25) is 5.91 Å². The Hall–Kier alpha value is -1.35. The fraction of sp³-hybridized carbons (Fsp3) is 0.741. The van der Waals surface area contributed by atoms with Crippen LogP contribution in [0.2, 0.25) is 5.02 Å². The predicted molar refractivity (Wildman–Crippen MR) is 135 cm³/mol. The van der Waals surface area contributed by atoms with Crippen molar-refractivity contribution >= 4 is 17.5 Å². The number of piperidine rings is 2. The number of alkyl halides is 3. The number of carbonyl (C=O) groups excluding carboxylic acids is 1. The third-order valence-corrected chi connectivity index (χ3v) is 9.15. The van der Waals surface area contributed by atoms with Crippen LogP contribution in [0, 0.1) is 5.92 Å². The number of hydrogen-bond acceptors (Lipinski definition) is 4. The van der Waals surface area contributed by atoms with Gasteiger partial charge in [-0.3, -0.25) is 9.69 Å². The van der Waals surface area contributed by atoms with Gasteiger partial charge in [0, 0.05) is 30.7 Å². The third kappa shape index (κ3) is 6.03. The molecule has 4 rings (SSSR count). The molecule has 2 N–H and O–H groups in total. The second kappa shape index (κ2) is 11.2. The molecule has 9 heteroatoms. The first-order valence-corrected chi connectivity index (χ1v) is 13.7. The van der Waals surface area contributed by atoms with Crippen molar-refractivity contribution in [2.24, 2.45) is 5.92 Å². The van der Waals surface area contributed by atoms with E-state index in [0.717, 1.165) is 63.6 Å². The normalized spacial score (nSPS) is 24.5. The first-order valence-electron chi connectivity index (χ1n) is 13.3. The Morgan fingerprint density at radius 1 is 1.08 bits per heavy atom. The zero-order chi connectivity index (χ0) is 26.0. The van der Waals surface area contributed by atoms with E-state index in [2.05, 4.69) is 22.2 Å². The van der Waals surface area contributed by atoms with Gasteiger partial charge in [0.15, 0.2) is 5.60 Å². The van der Waals surface area contributed by atoms with Crippen LogP contribution in [-0.2, 0) is 10.2 Å². The Morgan fingerprint density at radius 3 is 2.22 bits per heavy atom. The molecule has 1 saturated carbocycles. The first kappa shape index (κ1) is 27.7. The Morgan fingerprint density at radius 2 is 1.67 bits per heavy atom. The molecule has 1 aromatic rings. The van der Waals surface area contributed by atoms with E-state index in [1.54, 1.807) is 0 Å². The van der Waals surface area contributed by atoms with E-state index in [9.17, 15) is 23.1 Å². The van der Waals surface area contributed by atoms with Crippen LogP contribution >= 0.6 is 11.6 Å². The number of aliphatic hydroxyl groups is 1. The monoisotopic (exact) mass is 529 g/mol. The minimum atomic E-state index is -4.62. The van der Waals surface area contributed by atoms with Crippen molar-refractivity contribution < 1.29 is 23.1 Å². The van der Waals surface area contributed by atoms with Gasteiger partial charge in [0.05, 0.1) is 5.41 Å². The molecule has 3 fully saturated rings. The largest absolute Gasteiger partial charge is 0.417 e. The zero-order valence-corrected chi connectivity index (χ0v) is 21.9. The van der Waals surface area contributed by atoms with Crippen molar-refractivity contribution in [3.05, 3.63) is 34.9 Å². The molecule has 36 heavy (non-hydrogen) atoms. The zero-order valence-electron chi connectivity index (χ0n) is 21.1. The lowest BCUT2D eigenvalue weighted by molar-refractivity contribution is -0.273. The maximum atomic E-state index is 13.7. The Labute approximate surface area is 217 Å². The fourth-order valence-electron chi connectivity index (χ4n) is 6.36. The van der Waals surface area contributed by atoms with Crippen molar-refractivity contribution in [2.75, 3.05) is 39.8 Å². The standard InChI is InChI=1S/C27H39ClF3N3O2/c1-33-14-8-20(9-15-33)18-23(34-16-12-26(36,13-17-34)27(29,30)31)19-32-24(35)25(10-2-3-11-25)21-4-6-22(28)7-5-21/h4-7,20,23,36H,2-3,8-19H2,1H3,(H,32,35). The maximum absolute atomic E-state index is 13.7. The second-order valence-corrected chi connectivity index (χ2v) is 11.6. The molecule has 202 valence electrons. The molecular weight excluding hydrogens is 491 g/mol. The van der Waals surface area contributed by atoms with Gasteiger partial charge >= 0.3 is 6.18 Å². The molecular formula is C27H39ClF3N3O2. The maximum Gasteiger partial charge on any atom is 0.417 e. The number of amides is 1. The summed E-state index contributed by atoms with van der Waals surface area (Å²) in [5, 5.41) is 14.0. The van der Waals surface area contributed by atoms with Crippen molar-refractivity contribution in [1.29, 1.82) is 0 Å². The first-order chi connectivity index (χ1) is 17.0. The van der Waals surface area contributed by atoms with E-state index in [1.807, 2.05) is 24.3 Å². The molecule has 1 unspecified atom stereocenters. The van der Waals surface area contributed by atoms with Crippen molar-refractivity contribution in [3.63, 3.8) is 0 Å². The Kier molecular flexibility index (Phi) is 8.59. The number of benzene rings is 1. The van der Waals surface area contributed by atoms with E-state index < -0.39 is 17.2 Å². The van der Waals surface area contributed by atoms with Crippen molar-refractivity contribution in [2.45, 2.75) is 81.0 Å². The molecule has 2 heterocycles. The lowest BCUT2D eigenvalue weighted by Gasteiger charge is -2.44. The van der Waals surface area contributed by atoms with E-state index >= 15 is 0 Å². The van der Waals surface area contributed by atoms with Crippen LogP contribution < -0.4 is 5.32 Å². The molecule has 1 aromatic carbocycles. The molecule has 1 aliphatic carbocycles. The van der Waals surface area contributed by atoms with Gasteiger partial charge in [0.25, 0.3) is 0 Å². The predicted octanol–water partition coefficient (Wildman–Crippen LogP) is 4.76. The summed E-state index contributed by atoms with van der Waals surface area (Å²) in [6, 6.07) is 7.46. The topological polar surface area (TPSA) is 55.8 Å². The smallest absolute Gasteiger partial charge is 0.380 e. The van der Waals surface area contributed by atoms with Crippen LogP contribution in [0.3, 0.4) is 0 Å². The summed E-state index contributed by atoms with van der Waals surface area (Å²) >= 11 is 6.08. The van der Waals surface area contributed by atoms with Gasteiger partial charge < -0.3 is 15.3 Å². The minimum absolute atomic E-state index is 0.000457. The number of rotatable bonds is 7. The number of likely N-dealkylation sites (tertiary alicyclic amines) is 2. The van der Waals surface area contributed by atoms with Crippen LogP contribution in [0.25, 0.3) is 0 Å². The highest BCUT2D eigenvalue weighted by Crippen LogP contribution is 2.42. The van der Waals surface area contributed by atoms with Crippen molar-refractivity contribution in [1.82, 2.24) is 15.1 Å². The SMILES string of the molecule is CN1CCC(CC(CNC(=O)C2(c3ccc(Cl)cc3)CCCC2)N2CCC(O)(C(F)(F)F)CC2)CC1. The third-order valence-electron chi connectivity index (χ3n) is 8.90. The summed E-state index contributed by atoms with van der Waals surface area (Å²) in [7, 11) is 2.11. The molecule has 1 amide bonds. The van der Waals surface area contributed by atoms with Gasteiger partial charge in [-0.1, -0.05) is 36.6 Å². The highest BCUT2D eigenvalue weighted by atomic mass is 35.5. The van der Waals surface area contributed by atoms with Gasteiger partial charge in [-0.05, 0) is 88.7 Å². The molecule has 0 aromatic heterocycles. The quantitative estimate of drug-likeness (QED) is 0.535. The van der Waals surface area contributed by atoms with Crippen LogP contribution in [0.15, 0.2) is 24.3 Å². The number of halogens is 4. The Balaban J connectivity index is 1.46. The summed E-state index contributed by atoms with van der Waals surface area (Å²) in [5.41, 5.74) is -2.23. The molecule has 0 bridgehead atoms. The molecule has 2 saturated heterocycles. The van der Waals surface area contributed by atoms with Gasteiger partial charge in [0.1, 0.15) is 0 Å². The lowest BCUT2D eigenvalue weighted by Crippen LogP contribution is -2.57. The van der Waals surface area contributed by atoms with Crippen LogP contribution in [0.1, 0.15) is 63.4 Å². The molecule has 5 nitrogen and oxygen atoms in total. The summed E-state index contributed by atoms with van der Waals surface area (Å²) in [4.78, 5) is 18.0. The lowest BCUT2D eigenvalue weighted by atomic mass is 9.78. The highest BCUT2D eigenvalue weighted by Gasteiger charge is 2.55. The molecule has 0 spiro atoms. The molecule has 3 aliphatic rings. The van der Waals surface area contributed by atoms with Gasteiger partial charge in [-0.25, -0.2) is 0 Å². The average Bonchev–Trinajstić information content (AvgIpc) is 3.34. The number of nitrogens with one attached hydrogen (secondary N) is 1. The summed E-state index contributed by atoms with van der Waals surface area (Å²) < 4.78 is 40.1. The van der Waals surface area contributed by atoms with E-state index in [1.165, 1.54) is 0 Å². The van der Waals surface area contributed by atoms with Crippen LogP contribution in [0.5, 0.6) is 0 Å². The number of hydrogen-bond donors (Lipinski definition) is 2. The number of nitrogens with zero attached hydrogens (tertiary/aromatic N) is 2. The molecule has 1 atom stereocenters. The van der Waals surface area contributed by atoms with Crippen molar-refractivity contribution in [3.8, 4) is 0 Å².